The van der Waals surface area contributed by atoms with E-state index in [0.717, 1.165) is 33.2 Å². The summed E-state index contributed by atoms with van der Waals surface area (Å²) in [5.41, 5.74) is 5.31. The summed E-state index contributed by atoms with van der Waals surface area (Å²) in [6, 6.07) is 5.60. The van der Waals surface area contributed by atoms with Crippen LogP contribution in [0.5, 0.6) is 0 Å². The van der Waals surface area contributed by atoms with E-state index in [1.165, 1.54) is 0 Å². The van der Waals surface area contributed by atoms with E-state index >= 15 is 0 Å². The summed E-state index contributed by atoms with van der Waals surface area (Å²) in [7, 11) is 0. The number of pyridine rings is 3. The number of hydrogen-bond acceptors (Lipinski definition) is 6. The third kappa shape index (κ3) is 3.27. The lowest BCUT2D eigenvalue weighted by atomic mass is 10.0. The Morgan fingerprint density at radius 2 is 2.03 bits per heavy atom. The molecule has 9 heteroatoms. The van der Waals surface area contributed by atoms with E-state index in [9.17, 15) is 9.18 Å². The zero-order valence-electron chi connectivity index (χ0n) is 16.9. The number of carbonyl (C=O) groups excluding carboxylic acids is 1. The number of aromatic nitrogens is 4. The highest BCUT2D eigenvalue weighted by molar-refractivity contribution is 5.99. The summed E-state index contributed by atoms with van der Waals surface area (Å²) in [6.45, 7) is 3.64. The van der Waals surface area contributed by atoms with E-state index in [1.54, 1.807) is 31.6 Å². The molecule has 1 fully saturated rings. The first-order valence-corrected chi connectivity index (χ1v) is 9.83. The smallest absolute Gasteiger partial charge is 0.231 e. The predicted molar refractivity (Wildman–Crippen MR) is 114 cm³/mol. The Hall–Kier alpha value is -3.88. The van der Waals surface area contributed by atoms with Crippen LogP contribution in [0.25, 0.3) is 27.7 Å². The van der Waals surface area contributed by atoms with E-state index in [2.05, 4.69) is 25.4 Å². The first-order chi connectivity index (χ1) is 15.0. The van der Waals surface area contributed by atoms with Gasteiger partial charge in [0.25, 0.3) is 0 Å². The minimum absolute atomic E-state index is 0.268. The molecule has 8 nitrogen and oxygen atoms in total. The second-order valence-electron chi connectivity index (χ2n) is 7.72. The molecule has 31 heavy (non-hydrogen) atoms. The number of rotatable bonds is 4. The number of oxime groups is 1. The van der Waals surface area contributed by atoms with Crippen LogP contribution < -0.4 is 5.32 Å². The standard InChI is InChI=1S/C22H19FN6O2/c1-11-5-18(12(2)28-31)25-10-16(11)14-6-13-9-26-20(27-22(30)15-7-17(15)23)8-19(13)29-4-3-24-21(14)29/h3-6,8-10,15,17,31H,7H2,1-2H3,(H,26,27,30)/b28-12-/t15-,17+/m1/s1. The van der Waals surface area contributed by atoms with Crippen LogP contribution in [-0.2, 0) is 4.79 Å². The van der Waals surface area contributed by atoms with Crippen LogP contribution in [-0.4, -0.2) is 42.4 Å². The van der Waals surface area contributed by atoms with E-state index < -0.39 is 12.1 Å². The lowest BCUT2D eigenvalue weighted by molar-refractivity contribution is -0.117. The molecule has 4 aromatic rings. The van der Waals surface area contributed by atoms with Crippen molar-refractivity contribution in [2.45, 2.75) is 26.4 Å². The van der Waals surface area contributed by atoms with Crippen molar-refractivity contribution in [3.63, 3.8) is 0 Å². The van der Waals surface area contributed by atoms with E-state index in [0.29, 0.717) is 17.2 Å². The summed E-state index contributed by atoms with van der Waals surface area (Å²) < 4.78 is 15.1. The molecule has 1 saturated carbocycles. The van der Waals surface area contributed by atoms with Gasteiger partial charge in [-0.15, -0.1) is 0 Å². The zero-order valence-corrected chi connectivity index (χ0v) is 16.9. The predicted octanol–water partition coefficient (Wildman–Crippen LogP) is 3.75. The first kappa shape index (κ1) is 19.1. The number of hydrogen-bond donors (Lipinski definition) is 2. The molecule has 0 unspecified atom stereocenters. The third-order valence-electron chi connectivity index (χ3n) is 5.58. The Morgan fingerprint density at radius 1 is 1.23 bits per heavy atom. The summed E-state index contributed by atoms with van der Waals surface area (Å²) in [5.74, 6) is -0.548. The lowest BCUT2D eigenvalue weighted by Crippen LogP contribution is -2.16. The minimum Gasteiger partial charge on any atom is -0.411 e. The normalized spacial score (nSPS) is 18.5. The zero-order chi connectivity index (χ0) is 21.7. The summed E-state index contributed by atoms with van der Waals surface area (Å²) in [5, 5.41) is 15.8. The van der Waals surface area contributed by atoms with Crippen LogP contribution in [0, 0.1) is 12.8 Å². The van der Waals surface area contributed by atoms with Gasteiger partial charge in [0.15, 0.2) is 0 Å². The Balaban J connectivity index is 1.60. The molecule has 0 bridgehead atoms. The van der Waals surface area contributed by atoms with Crippen LogP contribution in [0.2, 0.25) is 0 Å². The van der Waals surface area contributed by atoms with Gasteiger partial charge in [-0.05, 0) is 38.0 Å². The highest BCUT2D eigenvalue weighted by Gasteiger charge is 2.43. The highest BCUT2D eigenvalue weighted by Crippen LogP contribution is 2.35. The molecule has 0 saturated heterocycles. The molecule has 4 aromatic heterocycles. The number of anilines is 1. The van der Waals surface area contributed by atoms with Crippen LogP contribution >= 0.6 is 0 Å². The van der Waals surface area contributed by atoms with Gasteiger partial charge in [-0.1, -0.05) is 5.16 Å². The van der Waals surface area contributed by atoms with Gasteiger partial charge in [-0.3, -0.25) is 14.2 Å². The van der Waals surface area contributed by atoms with Crippen LogP contribution in [0.3, 0.4) is 0 Å². The van der Waals surface area contributed by atoms with Crippen molar-refractivity contribution in [3.8, 4) is 11.1 Å². The fourth-order valence-electron chi connectivity index (χ4n) is 3.70. The van der Waals surface area contributed by atoms with Crippen molar-refractivity contribution >= 4 is 34.0 Å². The van der Waals surface area contributed by atoms with Crippen LogP contribution in [0.1, 0.15) is 24.6 Å². The molecular weight excluding hydrogens is 399 g/mol. The lowest BCUT2D eigenvalue weighted by Gasteiger charge is -2.12. The number of imidazole rings is 1. The molecule has 0 aliphatic heterocycles. The van der Waals surface area contributed by atoms with Gasteiger partial charge in [-0.25, -0.2) is 14.4 Å². The fraction of sp³-hybridized carbons (Fsp3) is 0.227. The quantitative estimate of drug-likeness (QED) is 0.298. The largest absolute Gasteiger partial charge is 0.411 e. The number of aryl methyl sites for hydroxylation is 1. The van der Waals surface area contributed by atoms with Crippen molar-refractivity contribution in [3.05, 3.63) is 54.2 Å². The Labute approximate surface area is 176 Å². The Kier molecular flexibility index (Phi) is 4.39. The maximum Gasteiger partial charge on any atom is 0.231 e. The molecular formula is C22H19FN6O2. The van der Waals surface area contributed by atoms with Gasteiger partial charge in [0.2, 0.25) is 5.91 Å². The van der Waals surface area contributed by atoms with Gasteiger partial charge in [0, 0.05) is 47.4 Å². The topological polar surface area (TPSA) is 105 Å². The third-order valence-corrected chi connectivity index (χ3v) is 5.58. The number of alkyl halides is 1. The van der Waals surface area contributed by atoms with Gasteiger partial charge in [0.05, 0.1) is 17.1 Å². The van der Waals surface area contributed by atoms with E-state index in [4.69, 9.17) is 5.21 Å². The molecule has 4 heterocycles. The first-order valence-electron chi connectivity index (χ1n) is 9.83. The highest BCUT2D eigenvalue weighted by atomic mass is 19.1. The molecule has 1 aliphatic rings. The van der Waals surface area contributed by atoms with E-state index in [-0.39, 0.29) is 12.3 Å². The number of fused-ring (bicyclic) bond motifs is 3. The molecule has 5 rings (SSSR count). The SMILES string of the molecule is C/C(=N/O)c1cc(C)c(-c2cc3cnc(NC(=O)[C@@H]4C[C@@H]4F)cc3n3ccnc23)cn1. The number of amides is 1. The number of halogens is 1. The van der Waals surface area contributed by atoms with Crippen LogP contribution in [0.4, 0.5) is 10.2 Å². The fourth-order valence-corrected chi connectivity index (χ4v) is 3.70. The average Bonchev–Trinajstić information content (AvgIpc) is 3.30. The van der Waals surface area contributed by atoms with E-state index in [1.807, 2.05) is 29.7 Å². The molecule has 1 aliphatic carbocycles. The summed E-state index contributed by atoms with van der Waals surface area (Å²) in [6.07, 6.45) is 6.16. The molecule has 1 amide bonds. The van der Waals surface area contributed by atoms with Gasteiger partial charge < -0.3 is 10.5 Å². The molecule has 0 radical (unpaired) electrons. The average molecular weight is 418 g/mol. The molecule has 2 N–H and O–H groups in total. The maximum atomic E-state index is 13.2. The van der Waals surface area contributed by atoms with Gasteiger partial charge >= 0.3 is 0 Å². The van der Waals surface area contributed by atoms with Crippen molar-refractivity contribution in [1.29, 1.82) is 0 Å². The molecule has 2 atom stereocenters. The summed E-state index contributed by atoms with van der Waals surface area (Å²) in [4.78, 5) is 25.3. The van der Waals surface area contributed by atoms with Crippen LogP contribution in [0.15, 0.2) is 48.1 Å². The van der Waals surface area contributed by atoms with Crippen molar-refractivity contribution in [1.82, 2.24) is 19.4 Å². The second-order valence-corrected chi connectivity index (χ2v) is 7.72. The molecule has 0 aromatic carbocycles. The molecule has 156 valence electrons. The van der Waals surface area contributed by atoms with Crippen molar-refractivity contribution in [2.75, 3.05) is 5.32 Å². The monoisotopic (exact) mass is 418 g/mol. The number of carbonyl (C=O) groups is 1. The Morgan fingerprint density at radius 3 is 2.74 bits per heavy atom. The van der Waals surface area contributed by atoms with Gasteiger partial charge in [0.1, 0.15) is 23.3 Å². The number of nitrogens with zero attached hydrogens (tertiary/aromatic N) is 5. The van der Waals surface area contributed by atoms with Crippen molar-refractivity contribution < 1.29 is 14.4 Å². The van der Waals surface area contributed by atoms with Crippen molar-refractivity contribution in [2.24, 2.45) is 11.1 Å². The van der Waals surface area contributed by atoms with Gasteiger partial charge in [-0.2, -0.15) is 0 Å². The minimum atomic E-state index is -1.06. The molecule has 0 spiro atoms. The second kappa shape index (κ2) is 7.12. The Bertz CT molecular complexity index is 1380. The maximum absolute atomic E-state index is 13.2. The summed E-state index contributed by atoms with van der Waals surface area (Å²) >= 11 is 0. The number of nitrogens with one attached hydrogen (secondary N) is 1.